The number of nitrogens with zero attached hydrogens (tertiary/aromatic N) is 5. The van der Waals surface area contributed by atoms with Crippen molar-refractivity contribution in [3.05, 3.63) is 60.8 Å². The van der Waals surface area contributed by atoms with E-state index in [1.807, 2.05) is 35.4 Å². The Kier molecular flexibility index (Phi) is 5.41. The van der Waals surface area contributed by atoms with Gasteiger partial charge in [-0.25, -0.2) is 0 Å². The van der Waals surface area contributed by atoms with E-state index in [0.717, 1.165) is 56.6 Å². The van der Waals surface area contributed by atoms with Crippen molar-refractivity contribution >= 4 is 22.5 Å². The van der Waals surface area contributed by atoms with Crippen LogP contribution in [0.5, 0.6) is 0 Å². The predicted molar refractivity (Wildman–Crippen MR) is 120 cm³/mol. The molecule has 0 radical (unpaired) electrons. The molecular formula is C24H29N5O. The van der Waals surface area contributed by atoms with Crippen molar-refractivity contribution < 1.29 is 4.79 Å². The highest BCUT2D eigenvalue weighted by Gasteiger charge is 2.30. The molecule has 0 N–H and O–H groups in total. The van der Waals surface area contributed by atoms with Gasteiger partial charge in [0.05, 0.1) is 5.52 Å². The highest BCUT2D eigenvalue weighted by atomic mass is 16.2. The van der Waals surface area contributed by atoms with Crippen LogP contribution < -0.4 is 4.90 Å². The third-order valence-corrected chi connectivity index (χ3v) is 6.46. The van der Waals surface area contributed by atoms with Crippen LogP contribution in [0.2, 0.25) is 0 Å². The molecule has 2 fully saturated rings. The second kappa shape index (κ2) is 8.48. The fraction of sp³-hybridized carbons (Fsp3) is 0.417. The van der Waals surface area contributed by atoms with E-state index in [4.69, 9.17) is 0 Å². The second-order valence-electron chi connectivity index (χ2n) is 8.38. The van der Waals surface area contributed by atoms with Crippen LogP contribution in [-0.2, 0) is 11.3 Å². The van der Waals surface area contributed by atoms with Crippen LogP contribution in [0.25, 0.3) is 10.9 Å². The standard InChI is InChI=1S/C24H29N5O/c30-24(19-29-17-20-7-4-5-11-23(20)25-29)28-12-6-10-22(18-28)27-15-13-26(14-16-27)21-8-2-1-3-9-21/h1-5,7-9,11,17,22H,6,10,12-16,18-19H2. The molecular weight excluding hydrogens is 374 g/mol. The van der Waals surface area contributed by atoms with Crippen molar-refractivity contribution in [3.63, 3.8) is 0 Å². The summed E-state index contributed by atoms with van der Waals surface area (Å²) in [5, 5.41) is 5.63. The van der Waals surface area contributed by atoms with E-state index >= 15 is 0 Å². The van der Waals surface area contributed by atoms with Crippen molar-refractivity contribution in [2.45, 2.75) is 25.4 Å². The number of fused-ring (bicyclic) bond motifs is 1. The van der Waals surface area contributed by atoms with Gasteiger partial charge in [-0.2, -0.15) is 5.10 Å². The maximum Gasteiger partial charge on any atom is 0.244 e. The molecule has 5 rings (SSSR count). The van der Waals surface area contributed by atoms with E-state index in [1.165, 1.54) is 12.1 Å². The summed E-state index contributed by atoms with van der Waals surface area (Å²) in [4.78, 5) is 20.0. The van der Waals surface area contributed by atoms with Gasteiger partial charge in [-0.1, -0.05) is 36.4 Å². The maximum atomic E-state index is 12.9. The van der Waals surface area contributed by atoms with Crippen LogP contribution in [-0.4, -0.2) is 70.8 Å². The zero-order valence-electron chi connectivity index (χ0n) is 17.4. The van der Waals surface area contributed by atoms with Crippen molar-refractivity contribution in [2.24, 2.45) is 0 Å². The summed E-state index contributed by atoms with van der Waals surface area (Å²) in [6.07, 6.45) is 4.23. The number of piperidine rings is 1. The van der Waals surface area contributed by atoms with Gasteiger partial charge in [-0.3, -0.25) is 14.4 Å². The molecule has 2 aliphatic rings. The number of anilines is 1. The molecule has 30 heavy (non-hydrogen) atoms. The Bertz CT molecular complexity index is 960. The molecule has 3 heterocycles. The highest BCUT2D eigenvalue weighted by Crippen LogP contribution is 2.21. The quantitative estimate of drug-likeness (QED) is 0.672. The molecule has 0 bridgehead atoms. The molecule has 0 spiro atoms. The van der Waals surface area contributed by atoms with Crippen LogP contribution in [0.1, 0.15) is 12.8 Å². The molecule has 6 heteroatoms. The monoisotopic (exact) mass is 403 g/mol. The molecule has 2 saturated heterocycles. The number of hydrogen-bond donors (Lipinski definition) is 0. The summed E-state index contributed by atoms with van der Waals surface area (Å²) >= 11 is 0. The normalized spacial score (nSPS) is 20.6. The lowest BCUT2D eigenvalue weighted by atomic mass is 10.0. The number of aromatic nitrogens is 2. The Labute approximate surface area is 177 Å². The maximum absolute atomic E-state index is 12.9. The topological polar surface area (TPSA) is 44.6 Å². The molecule has 0 saturated carbocycles. The minimum absolute atomic E-state index is 0.176. The lowest BCUT2D eigenvalue weighted by Crippen LogP contribution is -2.56. The molecule has 1 amide bonds. The first kappa shape index (κ1) is 19.1. The summed E-state index contributed by atoms with van der Waals surface area (Å²) in [6.45, 7) is 6.25. The first-order valence-electron chi connectivity index (χ1n) is 11.0. The minimum atomic E-state index is 0.176. The molecule has 3 aromatic rings. The van der Waals surface area contributed by atoms with Gasteiger partial charge >= 0.3 is 0 Å². The van der Waals surface area contributed by atoms with Crippen LogP contribution >= 0.6 is 0 Å². The van der Waals surface area contributed by atoms with Crippen molar-refractivity contribution in [2.75, 3.05) is 44.2 Å². The number of likely N-dealkylation sites (tertiary alicyclic amines) is 1. The zero-order valence-corrected chi connectivity index (χ0v) is 17.4. The number of piperazine rings is 1. The average Bonchev–Trinajstić information content (AvgIpc) is 3.22. The number of para-hydroxylation sites is 1. The number of carbonyl (C=O) groups excluding carboxylic acids is 1. The number of amides is 1. The van der Waals surface area contributed by atoms with Crippen molar-refractivity contribution in [1.82, 2.24) is 19.6 Å². The van der Waals surface area contributed by atoms with E-state index in [9.17, 15) is 4.79 Å². The Hall–Kier alpha value is -2.86. The lowest BCUT2D eigenvalue weighted by molar-refractivity contribution is -0.134. The van der Waals surface area contributed by atoms with Crippen LogP contribution in [0.4, 0.5) is 5.69 Å². The Morgan fingerprint density at radius 1 is 0.933 bits per heavy atom. The van der Waals surface area contributed by atoms with Crippen LogP contribution in [0, 0.1) is 0 Å². The Morgan fingerprint density at radius 3 is 2.50 bits per heavy atom. The average molecular weight is 404 g/mol. The van der Waals surface area contributed by atoms with Crippen LogP contribution in [0.3, 0.4) is 0 Å². The Balaban J connectivity index is 1.17. The van der Waals surface area contributed by atoms with Gasteiger partial charge in [0, 0.05) is 62.6 Å². The second-order valence-corrected chi connectivity index (χ2v) is 8.38. The summed E-state index contributed by atoms with van der Waals surface area (Å²) < 4.78 is 1.79. The van der Waals surface area contributed by atoms with E-state index in [-0.39, 0.29) is 5.91 Å². The van der Waals surface area contributed by atoms with E-state index in [2.05, 4.69) is 45.2 Å². The highest BCUT2D eigenvalue weighted by molar-refractivity contribution is 5.80. The van der Waals surface area contributed by atoms with E-state index in [1.54, 1.807) is 4.68 Å². The van der Waals surface area contributed by atoms with E-state index < -0.39 is 0 Å². The fourth-order valence-corrected chi connectivity index (χ4v) is 4.80. The first-order valence-corrected chi connectivity index (χ1v) is 11.0. The number of benzene rings is 2. The van der Waals surface area contributed by atoms with Crippen LogP contribution in [0.15, 0.2) is 60.8 Å². The summed E-state index contributed by atoms with van der Waals surface area (Å²) in [6, 6.07) is 19.1. The third kappa shape index (κ3) is 4.05. The first-order chi connectivity index (χ1) is 14.8. The van der Waals surface area contributed by atoms with Crippen molar-refractivity contribution in [1.29, 1.82) is 0 Å². The molecule has 1 unspecified atom stereocenters. The Morgan fingerprint density at radius 2 is 1.70 bits per heavy atom. The van der Waals surface area contributed by atoms with Gasteiger partial charge in [0.25, 0.3) is 0 Å². The predicted octanol–water partition coefficient (Wildman–Crippen LogP) is 2.85. The van der Waals surface area contributed by atoms with Gasteiger partial charge in [0.15, 0.2) is 0 Å². The molecule has 2 aromatic carbocycles. The molecule has 1 aromatic heterocycles. The fourth-order valence-electron chi connectivity index (χ4n) is 4.80. The van der Waals surface area contributed by atoms with Gasteiger partial charge in [-0.05, 0) is 31.0 Å². The molecule has 6 nitrogen and oxygen atoms in total. The third-order valence-electron chi connectivity index (χ3n) is 6.46. The van der Waals surface area contributed by atoms with E-state index in [0.29, 0.717) is 12.6 Å². The van der Waals surface area contributed by atoms with Gasteiger partial charge in [0.2, 0.25) is 5.91 Å². The summed E-state index contributed by atoms with van der Waals surface area (Å²) in [5.41, 5.74) is 2.25. The number of rotatable bonds is 4. The number of hydrogen-bond acceptors (Lipinski definition) is 4. The lowest BCUT2D eigenvalue weighted by Gasteiger charge is -2.44. The van der Waals surface area contributed by atoms with Crippen molar-refractivity contribution in [3.8, 4) is 0 Å². The minimum Gasteiger partial charge on any atom is -0.369 e. The number of carbonyl (C=O) groups is 1. The zero-order chi connectivity index (χ0) is 20.3. The van der Waals surface area contributed by atoms with Gasteiger partial charge < -0.3 is 9.80 Å². The SMILES string of the molecule is O=C(Cn1cc2ccccc2n1)N1CCCC(N2CCN(c3ccccc3)CC2)C1. The molecule has 0 aliphatic carbocycles. The van der Waals surface area contributed by atoms with Gasteiger partial charge in [-0.15, -0.1) is 0 Å². The largest absolute Gasteiger partial charge is 0.369 e. The smallest absolute Gasteiger partial charge is 0.244 e. The molecule has 2 aliphatic heterocycles. The molecule has 1 atom stereocenters. The van der Waals surface area contributed by atoms with Gasteiger partial charge in [0.1, 0.15) is 6.54 Å². The summed E-state index contributed by atoms with van der Waals surface area (Å²) in [5.74, 6) is 0.176. The summed E-state index contributed by atoms with van der Waals surface area (Å²) in [7, 11) is 0. The molecule has 156 valence electrons.